The number of Topliss-reactive ketones (excluding diaryl/α,β-unsaturated/α-hetero) is 1. The lowest BCUT2D eigenvalue weighted by molar-refractivity contribution is 0.0580. The topological polar surface area (TPSA) is 54.6 Å². The summed E-state index contributed by atoms with van der Waals surface area (Å²) >= 11 is 3.42. The van der Waals surface area contributed by atoms with E-state index in [4.69, 9.17) is 0 Å². The normalized spacial score (nSPS) is 19.8. The highest BCUT2D eigenvalue weighted by Crippen LogP contribution is 2.30. The Morgan fingerprint density at radius 3 is 2.82 bits per heavy atom. The SMILES string of the molecule is O=C(C[C@H]1CCCC[C@@H]1O)c1cc(Cc2ccc(F)cc2Br)c2cccnn12. The van der Waals surface area contributed by atoms with Crippen LogP contribution >= 0.6 is 15.9 Å². The lowest BCUT2D eigenvalue weighted by Crippen LogP contribution is -2.27. The molecule has 6 heteroatoms. The van der Waals surface area contributed by atoms with Gasteiger partial charge in [-0.15, -0.1) is 0 Å². The summed E-state index contributed by atoms with van der Waals surface area (Å²) in [6.45, 7) is 0. The van der Waals surface area contributed by atoms with Crippen molar-refractivity contribution in [2.24, 2.45) is 5.92 Å². The van der Waals surface area contributed by atoms with Crippen LogP contribution in [0.5, 0.6) is 0 Å². The zero-order chi connectivity index (χ0) is 19.7. The summed E-state index contributed by atoms with van der Waals surface area (Å²) in [5.74, 6) is -0.268. The standard InChI is InChI=1S/C22H22BrFN2O2/c23-18-13-17(24)8-7-14(18)10-16-11-20(26-19(16)5-3-9-25-26)22(28)12-15-4-1-2-6-21(15)27/h3,5,7-9,11,13,15,21,27H,1-2,4,6,10,12H2/t15-,21+/m1/s1. The third-order valence-corrected chi connectivity index (χ3v) is 6.36. The molecule has 1 aliphatic rings. The van der Waals surface area contributed by atoms with Crippen molar-refractivity contribution in [2.75, 3.05) is 0 Å². The van der Waals surface area contributed by atoms with Gasteiger partial charge in [0.25, 0.3) is 0 Å². The number of hydrogen-bond acceptors (Lipinski definition) is 3. The number of fused-ring (bicyclic) bond motifs is 1. The van der Waals surface area contributed by atoms with Crippen molar-refractivity contribution in [2.45, 2.75) is 44.6 Å². The van der Waals surface area contributed by atoms with Crippen LogP contribution in [0.15, 0.2) is 47.1 Å². The van der Waals surface area contributed by atoms with E-state index in [9.17, 15) is 14.3 Å². The molecule has 0 unspecified atom stereocenters. The molecule has 1 aliphatic carbocycles. The van der Waals surface area contributed by atoms with E-state index in [0.29, 0.717) is 23.0 Å². The van der Waals surface area contributed by atoms with Gasteiger partial charge in [0.15, 0.2) is 5.78 Å². The first-order valence-electron chi connectivity index (χ1n) is 9.64. The molecule has 1 N–H and O–H groups in total. The Morgan fingerprint density at radius 2 is 2.04 bits per heavy atom. The van der Waals surface area contributed by atoms with Gasteiger partial charge in [-0.3, -0.25) is 4.79 Å². The lowest BCUT2D eigenvalue weighted by atomic mass is 9.83. The first-order chi connectivity index (χ1) is 13.5. The molecular formula is C22H22BrFN2O2. The number of hydrogen-bond donors (Lipinski definition) is 1. The van der Waals surface area contributed by atoms with E-state index in [1.54, 1.807) is 16.8 Å². The van der Waals surface area contributed by atoms with Gasteiger partial charge < -0.3 is 5.11 Å². The minimum Gasteiger partial charge on any atom is -0.393 e. The number of aliphatic hydroxyl groups excluding tert-OH is 1. The molecular weight excluding hydrogens is 423 g/mol. The molecule has 1 saturated carbocycles. The van der Waals surface area contributed by atoms with Gasteiger partial charge in [0.2, 0.25) is 0 Å². The number of carbonyl (C=O) groups excluding carboxylic acids is 1. The highest BCUT2D eigenvalue weighted by molar-refractivity contribution is 9.10. The van der Waals surface area contributed by atoms with Crippen LogP contribution in [0.1, 0.15) is 53.7 Å². The van der Waals surface area contributed by atoms with Gasteiger partial charge in [-0.1, -0.05) is 34.8 Å². The van der Waals surface area contributed by atoms with E-state index in [2.05, 4.69) is 21.0 Å². The summed E-state index contributed by atoms with van der Waals surface area (Å²) in [5, 5.41) is 14.6. The molecule has 2 heterocycles. The summed E-state index contributed by atoms with van der Waals surface area (Å²) in [7, 11) is 0. The molecule has 28 heavy (non-hydrogen) atoms. The number of aromatic nitrogens is 2. The Balaban J connectivity index is 1.65. The molecule has 146 valence electrons. The highest BCUT2D eigenvalue weighted by atomic mass is 79.9. The Labute approximate surface area is 171 Å². The van der Waals surface area contributed by atoms with Crippen LogP contribution in [-0.4, -0.2) is 26.6 Å². The predicted octanol–water partition coefficient (Wildman–Crippen LogP) is 4.95. The summed E-state index contributed by atoms with van der Waals surface area (Å²) in [5.41, 5.74) is 3.32. The van der Waals surface area contributed by atoms with Crippen molar-refractivity contribution in [3.63, 3.8) is 0 Å². The first-order valence-corrected chi connectivity index (χ1v) is 10.4. The smallest absolute Gasteiger partial charge is 0.181 e. The van der Waals surface area contributed by atoms with Gasteiger partial charge in [-0.2, -0.15) is 5.10 Å². The van der Waals surface area contributed by atoms with Crippen molar-refractivity contribution < 1.29 is 14.3 Å². The third-order valence-electron chi connectivity index (χ3n) is 5.62. The molecule has 0 spiro atoms. The summed E-state index contributed by atoms with van der Waals surface area (Å²) in [4.78, 5) is 13.0. The zero-order valence-electron chi connectivity index (χ0n) is 15.4. The monoisotopic (exact) mass is 444 g/mol. The first kappa shape index (κ1) is 19.3. The van der Waals surface area contributed by atoms with E-state index >= 15 is 0 Å². The second kappa shape index (κ2) is 8.13. The number of ketones is 1. The van der Waals surface area contributed by atoms with Gasteiger partial charge in [0.1, 0.15) is 11.5 Å². The van der Waals surface area contributed by atoms with Crippen molar-refractivity contribution in [1.82, 2.24) is 9.61 Å². The van der Waals surface area contributed by atoms with Crippen LogP contribution in [-0.2, 0) is 6.42 Å². The molecule has 0 saturated heterocycles. The number of rotatable bonds is 5. The van der Waals surface area contributed by atoms with E-state index in [0.717, 1.165) is 42.3 Å². The van der Waals surface area contributed by atoms with Crippen molar-refractivity contribution in [1.29, 1.82) is 0 Å². The molecule has 3 aromatic rings. The minimum absolute atomic E-state index is 0.00377. The summed E-state index contributed by atoms with van der Waals surface area (Å²) < 4.78 is 15.8. The van der Waals surface area contributed by atoms with Crippen molar-refractivity contribution in [3.05, 3.63) is 69.7 Å². The maximum atomic E-state index is 13.4. The van der Waals surface area contributed by atoms with Crippen molar-refractivity contribution >= 4 is 27.2 Å². The van der Waals surface area contributed by atoms with Crippen LogP contribution in [0, 0.1) is 11.7 Å². The minimum atomic E-state index is -0.397. The molecule has 2 aromatic heterocycles. The molecule has 0 radical (unpaired) electrons. The number of aliphatic hydroxyl groups is 1. The summed E-state index contributed by atoms with van der Waals surface area (Å²) in [6.07, 6.45) is 5.92. The molecule has 1 fully saturated rings. The molecule has 0 amide bonds. The Bertz CT molecular complexity index is 1020. The second-order valence-corrected chi connectivity index (χ2v) is 8.38. The van der Waals surface area contributed by atoms with Gasteiger partial charge in [-0.05, 0) is 60.2 Å². The Hall–Kier alpha value is -2.05. The molecule has 2 atom stereocenters. The molecule has 0 aliphatic heterocycles. The number of benzene rings is 1. The van der Waals surface area contributed by atoms with E-state index in [1.807, 2.05) is 18.2 Å². The van der Waals surface area contributed by atoms with E-state index in [-0.39, 0.29) is 17.5 Å². The molecule has 1 aromatic carbocycles. The number of carbonyl (C=O) groups is 1. The van der Waals surface area contributed by atoms with Gasteiger partial charge in [0, 0.05) is 23.5 Å². The van der Waals surface area contributed by atoms with Gasteiger partial charge in [0.05, 0.1) is 11.6 Å². The fourth-order valence-corrected chi connectivity index (χ4v) is 4.58. The van der Waals surface area contributed by atoms with Gasteiger partial charge >= 0.3 is 0 Å². The molecule has 4 nitrogen and oxygen atoms in total. The predicted molar refractivity (Wildman–Crippen MR) is 109 cm³/mol. The zero-order valence-corrected chi connectivity index (χ0v) is 17.0. The van der Waals surface area contributed by atoms with Crippen LogP contribution < -0.4 is 0 Å². The quantitative estimate of drug-likeness (QED) is 0.566. The molecule has 4 rings (SSSR count). The van der Waals surface area contributed by atoms with Crippen LogP contribution in [0.4, 0.5) is 4.39 Å². The average Bonchev–Trinajstić information content (AvgIpc) is 3.05. The fraction of sp³-hybridized carbons (Fsp3) is 0.364. The number of halogens is 2. The van der Waals surface area contributed by atoms with Crippen LogP contribution in [0.3, 0.4) is 0 Å². The maximum absolute atomic E-state index is 13.4. The lowest BCUT2D eigenvalue weighted by Gasteiger charge is -2.26. The maximum Gasteiger partial charge on any atom is 0.181 e. The van der Waals surface area contributed by atoms with Gasteiger partial charge in [-0.25, -0.2) is 8.91 Å². The van der Waals surface area contributed by atoms with Crippen LogP contribution in [0.2, 0.25) is 0 Å². The second-order valence-electron chi connectivity index (χ2n) is 7.53. The summed E-state index contributed by atoms with van der Waals surface area (Å²) in [6, 6.07) is 10.3. The third kappa shape index (κ3) is 3.89. The van der Waals surface area contributed by atoms with Crippen molar-refractivity contribution in [3.8, 4) is 0 Å². The van der Waals surface area contributed by atoms with E-state index in [1.165, 1.54) is 12.1 Å². The van der Waals surface area contributed by atoms with Crippen LogP contribution in [0.25, 0.3) is 5.52 Å². The average molecular weight is 445 g/mol. The van der Waals surface area contributed by atoms with E-state index < -0.39 is 6.10 Å². The Kier molecular flexibility index (Phi) is 5.60. The molecule has 0 bridgehead atoms. The largest absolute Gasteiger partial charge is 0.393 e. The fourth-order valence-electron chi connectivity index (χ4n) is 4.09. The highest BCUT2D eigenvalue weighted by Gasteiger charge is 2.27. The Morgan fingerprint density at radius 1 is 1.21 bits per heavy atom. The number of nitrogens with zero attached hydrogens (tertiary/aromatic N) is 2.